The van der Waals surface area contributed by atoms with Crippen molar-refractivity contribution < 1.29 is 19.1 Å². The molecule has 0 aliphatic carbocycles. The zero-order valence-electron chi connectivity index (χ0n) is 18.6. The fourth-order valence-corrected chi connectivity index (χ4v) is 5.25. The van der Waals surface area contributed by atoms with Crippen LogP contribution in [0.1, 0.15) is 67.4 Å². The van der Waals surface area contributed by atoms with Gasteiger partial charge in [-0.05, 0) is 52.3 Å². The molecule has 31 heavy (non-hydrogen) atoms. The highest BCUT2D eigenvalue weighted by Crippen LogP contribution is 2.39. The lowest BCUT2D eigenvalue weighted by Crippen LogP contribution is -2.37. The van der Waals surface area contributed by atoms with E-state index in [9.17, 15) is 9.59 Å². The zero-order valence-corrected chi connectivity index (χ0v) is 19.4. The van der Waals surface area contributed by atoms with Gasteiger partial charge in [0.25, 0.3) is 0 Å². The number of nitrogens with zero attached hydrogens (tertiary/aromatic N) is 2. The number of nitrogens with one attached hydrogen (secondary N) is 1. The van der Waals surface area contributed by atoms with Crippen molar-refractivity contribution in [2.75, 3.05) is 31.6 Å². The molecular formula is C23H31N3O4S. The zero-order chi connectivity index (χ0) is 22.0. The van der Waals surface area contributed by atoms with Crippen molar-refractivity contribution in [2.24, 2.45) is 0 Å². The summed E-state index contributed by atoms with van der Waals surface area (Å²) in [6, 6.07) is 2.02. The van der Waals surface area contributed by atoms with Gasteiger partial charge < -0.3 is 14.8 Å². The minimum absolute atomic E-state index is 0.111. The Morgan fingerprint density at radius 1 is 1.29 bits per heavy atom. The number of hydrogen-bond donors (Lipinski definition) is 1. The van der Waals surface area contributed by atoms with Crippen LogP contribution in [0.2, 0.25) is 0 Å². The van der Waals surface area contributed by atoms with Gasteiger partial charge in [0.2, 0.25) is 5.91 Å². The van der Waals surface area contributed by atoms with Crippen LogP contribution in [0.4, 0.5) is 5.69 Å². The first-order valence-electron chi connectivity index (χ1n) is 11.2. The van der Waals surface area contributed by atoms with Gasteiger partial charge in [0.15, 0.2) is 0 Å². The molecule has 0 saturated carbocycles. The van der Waals surface area contributed by atoms with E-state index in [1.807, 2.05) is 6.07 Å². The summed E-state index contributed by atoms with van der Waals surface area (Å²) in [6.07, 6.45) is 5.10. The molecular weight excluding hydrogens is 414 g/mol. The molecule has 1 atom stereocenters. The van der Waals surface area contributed by atoms with Crippen molar-refractivity contribution in [3.05, 3.63) is 22.2 Å². The number of carbonyl (C=O) groups excluding carboxylic acids is 2. The van der Waals surface area contributed by atoms with Crippen LogP contribution in [0, 0.1) is 0 Å². The van der Waals surface area contributed by atoms with Gasteiger partial charge in [-0.15, -0.1) is 11.3 Å². The number of fused-ring (bicyclic) bond motifs is 2. The van der Waals surface area contributed by atoms with Crippen molar-refractivity contribution >= 4 is 39.1 Å². The number of rotatable bonds is 6. The van der Waals surface area contributed by atoms with Crippen LogP contribution in [0.15, 0.2) is 6.07 Å². The number of aromatic nitrogens is 1. The predicted octanol–water partition coefficient (Wildman–Crippen LogP) is 4.14. The summed E-state index contributed by atoms with van der Waals surface area (Å²) < 4.78 is 11.3. The number of amides is 1. The van der Waals surface area contributed by atoms with Gasteiger partial charge in [-0.2, -0.15) is 0 Å². The molecule has 2 aromatic heterocycles. The maximum absolute atomic E-state index is 12.8. The minimum Gasteiger partial charge on any atom is -0.462 e. The van der Waals surface area contributed by atoms with Gasteiger partial charge in [0.05, 0.1) is 36.7 Å². The highest BCUT2D eigenvalue weighted by Gasteiger charge is 2.32. The Labute approximate surface area is 187 Å². The van der Waals surface area contributed by atoms with Crippen LogP contribution in [-0.4, -0.2) is 53.6 Å². The predicted molar refractivity (Wildman–Crippen MR) is 122 cm³/mol. The Kier molecular flexibility index (Phi) is 6.60. The first-order valence-corrected chi connectivity index (χ1v) is 12.0. The second-order valence-corrected chi connectivity index (χ2v) is 9.63. The van der Waals surface area contributed by atoms with Gasteiger partial charge in [-0.3, -0.25) is 9.69 Å². The third-order valence-electron chi connectivity index (χ3n) is 6.26. The van der Waals surface area contributed by atoms with Gasteiger partial charge in [-0.1, -0.05) is 13.3 Å². The number of anilines is 1. The van der Waals surface area contributed by atoms with E-state index in [-0.39, 0.29) is 18.1 Å². The average Bonchev–Trinajstić information content (AvgIpc) is 3.10. The summed E-state index contributed by atoms with van der Waals surface area (Å²) in [7, 11) is 0. The summed E-state index contributed by atoms with van der Waals surface area (Å²) in [5, 5.41) is 3.78. The van der Waals surface area contributed by atoms with Gasteiger partial charge in [0, 0.05) is 17.4 Å². The molecule has 4 heterocycles. The summed E-state index contributed by atoms with van der Waals surface area (Å²) in [4.78, 5) is 33.7. The van der Waals surface area contributed by atoms with E-state index in [0.717, 1.165) is 60.2 Å². The maximum atomic E-state index is 12.8. The highest BCUT2D eigenvalue weighted by molar-refractivity contribution is 7.21. The molecule has 8 heteroatoms. The molecule has 1 amide bonds. The molecule has 2 aliphatic rings. The second kappa shape index (κ2) is 9.22. The molecule has 0 bridgehead atoms. The number of hydrogen-bond acceptors (Lipinski definition) is 7. The molecule has 168 valence electrons. The summed E-state index contributed by atoms with van der Waals surface area (Å²) in [5.41, 5.74) is 2.31. The van der Waals surface area contributed by atoms with Crippen LogP contribution in [0.25, 0.3) is 10.2 Å². The number of ether oxygens (including phenoxy) is 2. The van der Waals surface area contributed by atoms with Gasteiger partial charge in [-0.25, -0.2) is 9.78 Å². The third kappa shape index (κ3) is 4.76. The average molecular weight is 446 g/mol. The number of carbonyl (C=O) groups is 2. The maximum Gasteiger partial charge on any atom is 0.350 e. The molecule has 0 aromatic carbocycles. The van der Waals surface area contributed by atoms with Crippen molar-refractivity contribution in [1.82, 2.24) is 9.88 Å². The molecule has 2 aliphatic heterocycles. The Bertz CT molecular complexity index is 983. The number of esters is 1. The number of piperidine rings is 1. The first kappa shape index (κ1) is 22.2. The topological polar surface area (TPSA) is 80.8 Å². The van der Waals surface area contributed by atoms with Crippen LogP contribution in [0.3, 0.4) is 0 Å². The Morgan fingerprint density at radius 2 is 2.06 bits per heavy atom. The van der Waals surface area contributed by atoms with E-state index in [1.54, 1.807) is 6.92 Å². The lowest BCUT2D eigenvalue weighted by Gasteiger charge is -2.33. The van der Waals surface area contributed by atoms with Gasteiger partial charge >= 0.3 is 5.97 Å². The number of thiophene rings is 1. The van der Waals surface area contributed by atoms with Crippen molar-refractivity contribution in [2.45, 2.75) is 65.1 Å². The number of likely N-dealkylation sites (tertiary alicyclic amines) is 1. The molecule has 0 spiro atoms. The van der Waals surface area contributed by atoms with Crippen molar-refractivity contribution in [3.8, 4) is 0 Å². The monoisotopic (exact) mass is 445 g/mol. The Balaban J connectivity index is 1.67. The smallest absolute Gasteiger partial charge is 0.350 e. The second-order valence-electron chi connectivity index (χ2n) is 8.63. The standard InChI is InChI=1S/C23H31N3O4S/c1-4-23(3)12-17-15(14-30-23)11-16-19(20(22(28)29-5-2)31-21(16)24-17)25-18(27)13-26-9-7-6-8-10-26/h11H,4-10,12-14H2,1-3H3,(H,25,27)/t23-/m0/s1. The SMILES string of the molecule is CCOC(=O)c1sc2nc3c(cc2c1NC(=O)CN1CCCCC1)CO[C@@](C)(CC)C3. The molecule has 0 radical (unpaired) electrons. The minimum atomic E-state index is -0.425. The van der Waals surface area contributed by atoms with Crippen molar-refractivity contribution in [1.29, 1.82) is 0 Å². The fraction of sp³-hybridized carbons (Fsp3) is 0.609. The lowest BCUT2D eigenvalue weighted by molar-refractivity contribution is -0.117. The molecule has 4 rings (SSSR count). The van der Waals surface area contributed by atoms with E-state index in [0.29, 0.717) is 23.7 Å². The Morgan fingerprint density at radius 3 is 2.77 bits per heavy atom. The van der Waals surface area contributed by atoms with E-state index in [2.05, 4.69) is 24.1 Å². The van der Waals surface area contributed by atoms with E-state index >= 15 is 0 Å². The molecule has 0 unspecified atom stereocenters. The summed E-state index contributed by atoms with van der Waals surface area (Å²) in [5.74, 6) is -0.536. The molecule has 1 fully saturated rings. The molecule has 1 N–H and O–H groups in total. The summed E-state index contributed by atoms with van der Waals surface area (Å²) in [6.45, 7) is 8.96. The normalized spacial score (nSPS) is 21.6. The first-order chi connectivity index (χ1) is 14.9. The molecule has 1 saturated heterocycles. The van der Waals surface area contributed by atoms with Crippen LogP contribution >= 0.6 is 11.3 Å². The van der Waals surface area contributed by atoms with Crippen LogP contribution in [0.5, 0.6) is 0 Å². The third-order valence-corrected chi connectivity index (χ3v) is 7.34. The fourth-order valence-electron chi connectivity index (χ4n) is 4.23. The van der Waals surface area contributed by atoms with Crippen LogP contribution in [-0.2, 0) is 27.3 Å². The van der Waals surface area contributed by atoms with E-state index in [4.69, 9.17) is 14.5 Å². The van der Waals surface area contributed by atoms with Crippen molar-refractivity contribution in [3.63, 3.8) is 0 Å². The largest absolute Gasteiger partial charge is 0.462 e. The van der Waals surface area contributed by atoms with Gasteiger partial charge in [0.1, 0.15) is 9.71 Å². The Hall–Kier alpha value is -2.03. The molecule has 2 aromatic rings. The highest BCUT2D eigenvalue weighted by atomic mass is 32.1. The lowest BCUT2D eigenvalue weighted by atomic mass is 9.91. The van der Waals surface area contributed by atoms with Crippen LogP contribution < -0.4 is 5.32 Å². The van der Waals surface area contributed by atoms with E-state index < -0.39 is 5.97 Å². The summed E-state index contributed by atoms with van der Waals surface area (Å²) >= 11 is 1.29. The number of pyridine rings is 1. The molecule has 7 nitrogen and oxygen atoms in total. The quantitative estimate of drug-likeness (QED) is 0.673. The van der Waals surface area contributed by atoms with E-state index in [1.165, 1.54) is 17.8 Å².